The van der Waals surface area contributed by atoms with Crippen molar-refractivity contribution in [2.75, 3.05) is 11.9 Å². The van der Waals surface area contributed by atoms with Crippen LogP contribution >= 0.6 is 0 Å². The van der Waals surface area contributed by atoms with Gasteiger partial charge >= 0.3 is 0 Å². The lowest BCUT2D eigenvalue weighted by molar-refractivity contribution is -0.116. The summed E-state index contributed by atoms with van der Waals surface area (Å²) in [4.78, 5) is 11.6. The van der Waals surface area contributed by atoms with Gasteiger partial charge < -0.3 is 10.6 Å². The van der Waals surface area contributed by atoms with Gasteiger partial charge in [-0.3, -0.25) is 4.79 Å². The van der Waals surface area contributed by atoms with Gasteiger partial charge in [-0.15, -0.1) is 0 Å². The van der Waals surface area contributed by atoms with Crippen LogP contribution in [0.15, 0.2) is 18.2 Å². The molecule has 1 aromatic carbocycles. The van der Waals surface area contributed by atoms with Crippen molar-refractivity contribution in [3.05, 3.63) is 29.6 Å². The zero-order valence-corrected chi connectivity index (χ0v) is 10.5. The van der Waals surface area contributed by atoms with Crippen molar-refractivity contribution in [2.45, 2.75) is 33.2 Å². The van der Waals surface area contributed by atoms with E-state index in [4.69, 9.17) is 0 Å². The molecule has 0 spiro atoms. The fraction of sp³-hybridized carbons (Fsp3) is 0.462. The molecule has 2 N–H and O–H groups in total. The SMILES string of the molecule is Cc1c(F)cccc1NC(=O)CCNC(C)C. The molecule has 1 rings (SSSR count). The molecule has 1 amide bonds. The molecular formula is C13H19FN2O. The molecule has 1 aromatic rings. The molecule has 0 aliphatic rings. The van der Waals surface area contributed by atoms with E-state index >= 15 is 0 Å². The second-order valence-electron chi connectivity index (χ2n) is 4.32. The molecule has 3 nitrogen and oxygen atoms in total. The predicted octanol–water partition coefficient (Wildman–Crippen LogP) is 2.46. The van der Waals surface area contributed by atoms with E-state index in [0.29, 0.717) is 30.3 Å². The van der Waals surface area contributed by atoms with Crippen molar-refractivity contribution in [1.29, 1.82) is 0 Å². The van der Waals surface area contributed by atoms with Crippen molar-refractivity contribution in [3.8, 4) is 0 Å². The third-order valence-corrected chi connectivity index (χ3v) is 2.45. The molecule has 0 heterocycles. The van der Waals surface area contributed by atoms with Crippen molar-refractivity contribution in [3.63, 3.8) is 0 Å². The van der Waals surface area contributed by atoms with E-state index in [1.165, 1.54) is 6.07 Å². The normalized spacial score (nSPS) is 10.6. The Balaban J connectivity index is 2.48. The Bertz CT molecular complexity index is 391. The second-order valence-corrected chi connectivity index (χ2v) is 4.32. The quantitative estimate of drug-likeness (QED) is 0.827. The zero-order chi connectivity index (χ0) is 12.8. The Morgan fingerprint density at radius 3 is 2.76 bits per heavy atom. The van der Waals surface area contributed by atoms with Crippen LogP contribution in [0.2, 0.25) is 0 Å². The molecule has 0 radical (unpaired) electrons. The van der Waals surface area contributed by atoms with E-state index in [1.54, 1.807) is 19.1 Å². The van der Waals surface area contributed by atoms with Gasteiger partial charge in [0.2, 0.25) is 5.91 Å². The van der Waals surface area contributed by atoms with Gasteiger partial charge in [-0.25, -0.2) is 4.39 Å². The molecule has 0 aromatic heterocycles. The highest BCUT2D eigenvalue weighted by atomic mass is 19.1. The van der Waals surface area contributed by atoms with E-state index in [0.717, 1.165) is 0 Å². The predicted molar refractivity (Wildman–Crippen MR) is 67.5 cm³/mol. The van der Waals surface area contributed by atoms with Crippen molar-refractivity contribution >= 4 is 11.6 Å². The first kappa shape index (κ1) is 13.6. The maximum absolute atomic E-state index is 13.2. The monoisotopic (exact) mass is 238 g/mol. The van der Waals surface area contributed by atoms with E-state index < -0.39 is 0 Å². The molecule has 0 fully saturated rings. The molecule has 0 bridgehead atoms. The van der Waals surface area contributed by atoms with Gasteiger partial charge in [0.1, 0.15) is 5.82 Å². The summed E-state index contributed by atoms with van der Waals surface area (Å²) in [5.41, 5.74) is 1.01. The largest absolute Gasteiger partial charge is 0.326 e. The highest BCUT2D eigenvalue weighted by Crippen LogP contribution is 2.17. The van der Waals surface area contributed by atoms with Gasteiger partial charge in [-0.2, -0.15) is 0 Å². The number of nitrogens with one attached hydrogen (secondary N) is 2. The van der Waals surface area contributed by atoms with Crippen LogP contribution in [-0.2, 0) is 4.79 Å². The molecular weight excluding hydrogens is 219 g/mol. The Hall–Kier alpha value is -1.42. The fourth-order valence-electron chi connectivity index (χ4n) is 1.43. The third kappa shape index (κ3) is 4.53. The smallest absolute Gasteiger partial charge is 0.225 e. The molecule has 94 valence electrons. The van der Waals surface area contributed by atoms with Crippen LogP contribution in [0.3, 0.4) is 0 Å². The average Bonchev–Trinajstić information content (AvgIpc) is 2.24. The van der Waals surface area contributed by atoms with E-state index in [1.807, 2.05) is 13.8 Å². The van der Waals surface area contributed by atoms with Gasteiger partial charge in [-0.1, -0.05) is 19.9 Å². The van der Waals surface area contributed by atoms with Gasteiger partial charge in [0.05, 0.1) is 0 Å². The summed E-state index contributed by atoms with van der Waals surface area (Å²) in [6.45, 7) is 6.32. The number of benzene rings is 1. The maximum atomic E-state index is 13.2. The standard InChI is InChI=1S/C13H19FN2O/c1-9(2)15-8-7-13(17)16-12-6-4-5-11(14)10(12)3/h4-6,9,15H,7-8H2,1-3H3,(H,16,17). The Morgan fingerprint density at radius 1 is 1.41 bits per heavy atom. The van der Waals surface area contributed by atoms with E-state index in [9.17, 15) is 9.18 Å². The highest BCUT2D eigenvalue weighted by Gasteiger charge is 2.07. The van der Waals surface area contributed by atoms with Crippen LogP contribution < -0.4 is 10.6 Å². The highest BCUT2D eigenvalue weighted by molar-refractivity contribution is 5.91. The minimum Gasteiger partial charge on any atom is -0.326 e. The molecule has 0 aliphatic carbocycles. The third-order valence-electron chi connectivity index (χ3n) is 2.45. The maximum Gasteiger partial charge on any atom is 0.225 e. The molecule has 0 saturated carbocycles. The minimum atomic E-state index is -0.303. The first-order chi connectivity index (χ1) is 8.00. The molecule has 0 saturated heterocycles. The summed E-state index contributed by atoms with van der Waals surface area (Å²) >= 11 is 0. The molecule has 0 unspecified atom stereocenters. The van der Waals surface area contributed by atoms with Gasteiger partial charge in [-0.05, 0) is 19.1 Å². The lowest BCUT2D eigenvalue weighted by atomic mass is 10.2. The Labute approximate surface area is 101 Å². The average molecular weight is 238 g/mol. The Kier molecular flexibility index (Phi) is 5.10. The van der Waals surface area contributed by atoms with Crippen LogP contribution in [0.4, 0.5) is 10.1 Å². The summed E-state index contributed by atoms with van der Waals surface area (Å²) in [6, 6.07) is 5.03. The van der Waals surface area contributed by atoms with Crippen LogP contribution in [0.1, 0.15) is 25.8 Å². The molecule has 4 heteroatoms. The first-order valence-corrected chi connectivity index (χ1v) is 5.79. The Morgan fingerprint density at radius 2 is 2.12 bits per heavy atom. The van der Waals surface area contributed by atoms with E-state index in [2.05, 4.69) is 10.6 Å². The number of carbonyl (C=O) groups is 1. The summed E-state index contributed by atoms with van der Waals surface area (Å²) in [5.74, 6) is -0.407. The van der Waals surface area contributed by atoms with Crippen LogP contribution in [-0.4, -0.2) is 18.5 Å². The number of rotatable bonds is 5. The zero-order valence-electron chi connectivity index (χ0n) is 10.5. The van der Waals surface area contributed by atoms with Gasteiger partial charge in [0.15, 0.2) is 0 Å². The fourth-order valence-corrected chi connectivity index (χ4v) is 1.43. The van der Waals surface area contributed by atoms with Crippen molar-refractivity contribution in [2.24, 2.45) is 0 Å². The first-order valence-electron chi connectivity index (χ1n) is 5.79. The number of anilines is 1. The van der Waals surface area contributed by atoms with Crippen molar-refractivity contribution < 1.29 is 9.18 Å². The summed E-state index contributed by atoms with van der Waals surface area (Å²) in [6.07, 6.45) is 0.383. The lowest BCUT2D eigenvalue weighted by Gasteiger charge is -2.10. The van der Waals surface area contributed by atoms with Crippen LogP contribution in [0.25, 0.3) is 0 Å². The van der Waals surface area contributed by atoms with Crippen LogP contribution in [0, 0.1) is 12.7 Å². The molecule has 0 atom stereocenters. The number of hydrogen-bond acceptors (Lipinski definition) is 2. The van der Waals surface area contributed by atoms with Gasteiger partial charge in [0, 0.05) is 30.3 Å². The second kappa shape index (κ2) is 6.35. The topological polar surface area (TPSA) is 41.1 Å². The lowest BCUT2D eigenvalue weighted by Crippen LogP contribution is -2.27. The van der Waals surface area contributed by atoms with E-state index in [-0.39, 0.29) is 11.7 Å². The molecule has 0 aliphatic heterocycles. The van der Waals surface area contributed by atoms with Gasteiger partial charge in [0.25, 0.3) is 0 Å². The van der Waals surface area contributed by atoms with Crippen molar-refractivity contribution in [1.82, 2.24) is 5.32 Å². The molecule has 17 heavy (non-hydrogen) atoms. The summed E-state index contributed by atoms with van der Waals surface area (Å²) in [7, 11) is 0. The number of halogens is 1. The summed E-state index contributed by atoms with van der Waals surface area (Å²) < 4.78 is 13.2. The number of amides is 1. The minimum absolute atomic E-state index is 0.105. The summed E-state index contributed by atoms with van der Waals surface area (Å²) in [5, 5.41) is 5.86. The van der Waals surface area contributed by atoms with Crippen LogP contribution in [0.5, 0.6) is 0 Å². The number of hydrogen-bond donors (Lipinski definition) is 2. The number of carbonyl (C=O) groups excluding carboxylic acids is 1.